The molecule has 1 aliphatic rings. The van der Waals surface area contributed by atoms with Gasteiger partial charge in [0.15, 0.2) is 6.10 Å². The Bertz CT molecular complexity index is 1170. The maximum Gasteiger partial charge on any atom is 0.257 e. The average molecular weight is 459 g/mol. The van der Waals surface area contributed by atoms with Crippen molar-refractivity contribution in [3.8, 4) is 0 Å². The van der Waals surface area contributed by atoms with Gasteiger partial charge in [0.2, 0.25) is 0 Å². The number of oxime groups is 1. The summed E-state index contributed by atoms with van der Waals surface area (Å²) in [6.07, 6.45) is -0.117. The molecule has 0 aromatic heterocycles. The van der Waals surface area contributed by atoms with Gasteiger partial charge in [-0.05, 0) is 35.9 Å². The normalized spacial score (nSPS) is 15.2. The SMILES string of the molecule is O=C(c1ccccc1F)N(Cc1ccc(F)cc1F)C[C@H]1CC(c2ccc(Cl)cc2)=NO1. The van der Waals surface area contributed by atoms with E-state index in [0.717, 1.165) is 17.7 Å². The van der Waals surface area contributed by atoms with E-state index in [1.54, 1.807) is 18.2 Å². The Kier molecular flexibility index (Phi) is 6.46. The van der Waals surface area contributed by atoms with Gasteiger partial charge in [-0.2, -0.15) is 0 Å². The van der Waals surface area contributed by atoms with Crippen molar-refractivity contribution in [2.24, 2.45) is 5.16 Å². The molecule has 0 spiro atoms. The van der Waals surface area contributed by atoms with Gasteiger partial charge in [0.1, 0.15) is 17.5 Å². The van der Waals surface area contributed by atoms with E-state index < -0.39 is 29.5 Å². The number of carbonyl (C=O) groups is 1. The summed E-state index contributed by atoms with van der Waals surface area (Å²) < 4.78 is 41.8. The Hall–Kier alpha value is -3.32. The smallest absolute Gasteiger partial charge is 0.257 e. The highest BCUT2D eigenvalue weighted by Crippen LogP contribution is 2.22. The van der Waals surface area contributed by atoms with Crippen LogP contribution in [0.15, 0.2) is 71.9 Å². The van der Waals surface area contributed by atoms with Crippen molar-refractivity contribution >= 4 is 23.2 Å². The minimum Gasteiger partial charge on any atom is -0.390 e. The number of rotatable bonds is 6. The van der Waals surface area contributed by atoms with Gasteiger partial charge in [-0.1, -0.05) is 47.1 Å². The van der Waals surface area contributed by atoms with E-state index in [-0.39, 0.29) is 24.2 Å². The largest absolute Gasteiger partial charge is 0.390 e. The number of nitrogens with zero attached hydrogens (tertiary/aromatic N) is 2. The van der Waals surface area contributed by atoms with E-state index in [1.807, 2.05) is 12.1 Å². The lowest BCUT2D eigenvalue weighted by atomic mass is 10.0. The summed E-state index contributed by atoms with van der Waals surface area (Å²) in [5, 5.41) is 4.68. The number of hydrogen-bond acceptors (Lipinski definition) is 3. The highest BCUT2D eigenvalue weighted by molar-refractivity contribution is 6.30. The number of hydrogen-bond donors (Lipinski definition) is 0. The summed E-state index contributed by atoms with van der Waals surface area (Å²) in [5.41, 5.74) is 1.46. The first-order valence-corrected chi connectivity index (χ1v) is 10.2. The first-order valence-electron chi connectivity index (χ1n) is 9.87. The zero-order valence-electron chi connectivity index (χ0n) is 16.8. The highest BCUT2D eigenvalue weighted by atomic mass is 35.5. The van der Waals surface area contributed by atoms with Gasteiger partial charge >= 0.3 is 0 Å². The van der Waals surface area contributed by atoms with E-state index in [2.05, 4.69) is 5.16 Å². The molecule has 0 unspecified atom stereocenters. The second-order valence-electron chi connectivity index (χ2n) is 7.38. The Balaban J connectivity index is 1.55. The van der Waals surface area contributed by atoms with Crippen LogP contribution in [0.4, 0.5) is 13.2 Å². The third-order valence-corrected chi connectivity index (χ3v) is 5.35. The third-order valence-electron chi connectivity index (χ3n) is 5.10. The van der Waals surface area contributed by atoms with Gasteiger partial charge in [0.05, 0.1) is 17.8 Å². The zero-order valence-corrected chi connectivity index (χ0v) is 17.5. The van der Waals surface area contributed by atoms with Crippen LogP contribution in [0.5, 0.6) is 0 Å². The Morgan fingerprint density at radius 1 is 1.03 bits per heavy atom. The van der Waals surface area contributed by atoms with Crippen molar-refractivity contribution in [2.45, 2.75) is 19.1 Å². The standard InChI is InChI=1S/C24H18ClF3N2O2/c25-17-8-5-15(6-9-17)23-12-19(32-29-23)14-30(13-16-7-10-18(26)11-22(16)28)24(31)20-3-1-2-4-21(20)27/h1-11,19H,12-14H2/t19-/m1/s1. The van der Waals surface area contributed by atoms with Crippen LogP contribution in [0.25, 0.3) is 0 Å². The summed E-state index contributed by atoms with van der Waals surface area (Å²) in [6.45, 7) is -0.153. The molecule has 0 fully saturated rings. The molecule has 0 saturated heterocycles. The van der Waals surface area contributed by atoms with Crippen LogP contribution in [0.3, 0.4) is 0 Å². The van der Waals surface area contributed by atoms with E-state index >= 15 is 0 Å². The fraction of sp³-hybridized carbons (Fsp3) is 0.167. The Morgan fingerprint density at radius 2 is 1.78 bits per heavy atom. The lowest BCUT2D eigenvalue weighted by Crippen LogP contribution is -2.38. The van der Waals surface area contributed by atoms with E-state index in [0.29, 0.717) is 17.2 Å². The fourth-order valence-electron chi connectivity index (χ4n) is 3.46. The lowest BCUT2D eigenvalue weighted by Gasteiger charge is -2.25. The van der Waals surface area contributed by atoms with Gasteiger partial charge < -0.3 is 9.74 Å². The summed E-state index contributed by atoms with van der Waals surface area (Å²) in [5.74, 6) is -2.83. The molecule has 32 heavy (non-hydrogen) atoms. The van der Waals surface area contributed by atoms with Crippen LogP contribution < -0.4 is 0 Å². The highest BCUT2D eigenvalue weighted by Gasteiger charge is 2.29. The quantitative estimate of drug-likeness (QED) is 0.483. The van der Waals surface area contributed by atoms with Gasteiger partial charge in [0, 0.05) is 29.6 Å². The molecule has 0 aliphatic carbocycles. The third kappa shape index (κ3) is 4.94. The fourth-order valence-corrected chi connectivity index (χ4v) is 3.59. The molecular weight excluding hydrogens is 441 g/mol. The Labute approximate surface area is 187 Å². The average Bonchev–Trinajstić information content (AvgIpc) is 3.24. The van der Waals surface area contributed by atoms with Crippen LogP contribution in [-0.2, 0) is 11.4 Å². The molecule has 1 aliphatic heterocycles. The van der Waals surface area contributed by atoms with Crippen LogP contribution in [-0.4, -0.2) is 29.2 Å². The minimum atomic E-state index is -0.790. The second-order valence-corrected chi connectivity index (χ2v) is 7.81. The molecule has 0 saturated carbocycles. The van der Waals surface area contributed by atoms with Crippen molar-refractivity contribution in [1.29, 1.82) is 0 Å². The molecule has 8 heteroatoms. The predicted octanol–water partition coefficient (Wildman–Crippen LogP) is 5.59. The lowest BCUT2D eigenvalue weighted by molar-refractivity contribution is 0.0400. The number of halogens is 4. The minimum absolute atomic E-state index is 0.0323. The maximum atomic E-state index is 14.3. The monoisotopic (exact) mass is 458 g/mol. The van der Waals surface area contributed by atoms with E-state index in [9.17, 15) is 18.0 Å². The van der Waals surface area contributed by atoms with Gasteiger partial charge in [-0.15, -0.1) is 0 Å². The summed E-state index contributed by atoms with van der Waals surface area (Å²) in [4.78, 5) is 19.9. The predicted molar refractivity (Wildman–Crippen MR) is 115 cm³/mol. The van der Waals surface area contributed by atoms with Gasteiger partial charge in [0.25, 0.3) is 5.91 Å². The van der Waals surface area contributed by atoms with Gasteiger partial charge in [-0.3, -0.25) is 4.79 Å². The summed E-state index contributed by atoms with van der Waals surface area (Å²) in [7, 11) is 0. The molecule has 164 valence electrons. The van der Waals surface area contributed by atoms with Crippen LogP contribution in [0.1, 0.15) is 27.9 Å². The summed E-state index contributed by atoms with van der Waals surface area (Å²) in [6, 6.07) is 15.8. The van der Waals surface area contributed by atoms with Crippen molar-refractivity contribution in [3.05, 3.63) is 106 Å². The van der Waals surface area contributed by atoms with Crippen LogP contribution >= 0.6 is 11.6 Å². The molecule has 3 aromatic rings. The molecular formula is C24H18ClF3N2O2. The Morgan fingerprint density at radius 3 is 2.50 bits per heavy atom. The molecule has 4 nitrogen and oxygen atoms in total. The number of amides is 1. The van der Waals surface area contributed by atoms with Crippen molar-refractivity contribution in [2.75, 3.05) is 6.54 Å². The molecule has 3 aromatic carbocycles. The maximum absolute atomic E-state index is 14.3. The summed E-state index contributed by atoms with van der Waals surface area (Å²) >= 11 is 5.92. The zero-order chi connectivity index (χ0) is 22.7. The molecule has 0 radical (unpaired) electrons. The molecule has 1 atom stereocenters. The number of benzene rings is 3. The molecule has 0 bridgehead atoms. The first-order chi connectivity index (χ1) is 15.4. The van der Waals surface area contributed by atoms with Crippen LogP contribution in [0, 0.1) is 17.5 Å². The molecule has 4 rings (SSSR count). The van der Waals surface area contributed by atoms with E-state index in [1.165, 1.54) is 29.2 Å². The van der Waals surface area contributed by atoms with Crippen molar-refractivity contribution in [3.63, 3.8) is 0 Å². The molecule has 1 amide bonds. The first kappa shape index (κ1) is 21.9. The topological polar surface area (TPSA) is 41.9 Å². The number of carbonyl (C=O) groups excluding carboxylic acids is 1. The van der Waals surface area contributed by atoms with Crippen LogP contribution in [0.2, 0.25) is 5.02 Å². The van der Waals surface area contributed by atoms with Gasteiger partial charge in [-0.25, -0.2) is 13.2 Å². The van der Waals surface area contributed by atoms with E-state index in [4.69, 9.17) is 16.4 Å². The van der Waals surface area contributed by atoms with Crippen molar-refractivity contribution < 1.29 is 22.8 Å². The molecule has 1 heterocycles. The molecule has 0 N–H and O–H groups in total. The second kappa shape index (κ2) is 9.44. The van der Waals surface area contributed by atoms with Crippen molar-refractivity contribution in [1.82, 2.24) is 4.90 Å².